The van der Waals surface area contributed by atoms with Gasteiger partial charge >= 0.3 is 0 Å². The number of carbonyl (C=O) groups is 2. The predicted molar refractivity (Wildman–Crippen MR) is 121 cm³/mol. The molecule has 2 aliphatic rings. The molecule has 0 aliphatic carbocycles. The molecule has 1 N–H and O–H groups in total. The van der Waals surface area contributed by atoms with Gasteiger partial charge in [0.1, 0.15) is 11.5 Å². The lowest BCUT2D eigenvalue weighted by atomic mass is 9.92. The second-order valence-electron chi connectivity index (χ2n) is 8.63. The van der Waals surface area contributed by atoms with Gasteiger partial charge < -0.3 is 19.5 Å². The topological polar surface area (TPSA) is 76.1 Å². The SMILES string of the molecule is Cc1ccccc1C1/C(=C(/O)c2ccc(OC(C)C)cc2)C(=O)C(=O)N1CC1CCCO1. The van der Waals surface area contributed by atoms with Crippen LogP contribution >= 0.6 is 0 Å². The smallest absolute Gasteiger partial charge is 0.295 e. The van der Waals surface area contributed by atoms with E-state index in [1.807, 2.05) is 45.0 Å². The maximum atomic E-state index is 13.1. The first-order valence-electron chi connectivity index (χ1n) is 11.1. The van der Waals surface area contributed by atoms with E-state index in [0.29, 0.717) is 24.5 Å². The largest absolute Gasteiger partial charge is 0.507 e. The molecule has 168 valence electrons. The van der Waals surface area contributed by atoms with Crippen molar-refractivity contribution in [1.82, 2.24) is 4.90 Å². The first kappa shape index (κ1) is 22.1. The summed E-state index contributed by atoms with van der Waals surface area (Å²) in [5.41, 5.74) is 2.35. The second kappa shape index (κ2) is 9.17. The molecule has 2 aromatic carbocycles. The van der Waals surface area contributed by atoms with Crippen LogP contribution in [0.5, 0.6) is 5.75 Å². The average Bonchev–Trinajstić information content (AvgIpc) is 3.36. The summed E-state index contributed by atoms with van der Waals surface area (Å²) in [6, 6.07) is 13.9. The number of benzene rings is 2. The molecule has 2 atom stereocenters. The van der Waals surface area contributed by atoms with Crippen molar-refractivity contribution in [2.75, 3.05) is 13.2 Å². The van der Waals surface area contributed by atoms with Gasteiger partial charge in [-0.25, -0.2) is 0 Å². The molecule has 2 heterocycles. The maximum Gasteiger partial charge on any atom is 0.295 e. The van der Waals surface area contributed by atoms with Crippen molar-refractivity contribution in [3.8, 4) is 5.75 Å². The Morgan fingerprint density at radius 3 is 2.50 bits per heavy atom. The van der Waals surface area contributed by atoms with Gasteiger partial charge in [-0.1, -0.05) is 24.3 Å². The molecule has 0 radical (unpaired) electrons. The van der Waals surface area contributed by atoms with E-state index in [0.717, 1.165) is 24.0 Å². The summed E-state index contributed by atoms with van der Waals surface area (Å²) in [7, 11) is 0. The Balaban J connectivity index is 1.78. The van der Waals surface area contributed by atoms with E-state index in [-0.39, 0.29) is 23.5 Å². The van der Waals surface area contributed by atoms with Gasteiger partial charge in [0.2, 0.25) is 0 Å². The summed E-state index contributed by atoms with van der Waals surface area (Å²) in [5.74, 6) is -0.778. The standard InChI is InChI=1S/C26H29NO5/c1-16(2)32-19-12-10-18(11-13-19)24(28)22-23(21-9-5-4-7-17(21)3)27(26(30)25(22)29)15-20-8-6-14-31-20/h4-5,7,9-13,16,20,23,28H,6,8,14-15H2,1-3H3/b24-22-. The molecule has 0 aromatic heterocycles. The third-order valence-electron chi connectivity index (χ3n) is 5.95. The van der Waals surface area contributed by atoms with Gasteiger partial charge in [-0.2, -0.15) is 0 Å². The van der Waals surface area contributed by atoms with Crippen molar-refractivity contribution in [1.29, 1.82) is 0 Å². The molecule has 2 aromatic rings. The monoisotopic (exact) mass is 435 g/mol. The fraction of sp³-hybridized carbons (Fsp3) is 0.385. The third kappa shape index (κ3) is 4.28. The summed E-state index contributed by atoms with van der Waals surface area (Å²) in [5, 5.41) is 11.2. The number of ketones is 1. The van der Waals surface area contributed by atoms with Crippen molar-refractivity contribution in [3.05, 3.63) is 70.8 Å². The van der Waals surface area contributed by atoms with Crippen molar-refractivity contribution < 1.29 is 24.2 Å². The van der Waals surface area contributed by atoms with Crippen LogP contribution in [-0.2, 0) is 14.3 Å². The molecule has 0 spiro atoms. The molecule has 4 rings (SSSR count). The van der Waals surface area contributed by atoms with Crippen LogP contribution in [0.15, 0.2) is 54.1 Å². The second-order valence-corrected chi connectivity index (χ2v) is 8.63. The number of rotatable bonds is 6. The highest BCUT2D eigenvalue weighted by Crippen LogP contribution is 2.41. The van der Waals surface area contributed by atoms with Gasteiger partial charge in [-0.05, 0) is 69.0 Å². The van der Waals surface area contributed by atoms with Crippen LogP contribution in [-0.4, -0.2) is 47.1 Å². The number of Topliss-reactive ketones (excluding diaryl/α,β-unsaturated/α-hetero) is 1. The van der Waals surface area contributed by atoms with Crippen LogP contribution < -0.4 is 4.74 Å². The number of aliphatic hydroxyl groups excluding tert-OH is 1. The van der Waals surface area contributed by atoms with Crippen molar-refractivity contribution >= 4 is 17.4 Å². The highest BCUT2D eigenvalue weighted by atomic mass is 16.5. The van der Waals surface area contributed by atoms with Crippen LogP contribution in [0.25, 0.3) is 5.76 Å². The summed E-state index contributed by atoms with van der Waals surface area (Å²) in [6.07, 6.45) is 1.71. The number of hydrogen-bond donors (Lipinski definition) is 1. The normalized spacial score (nSPS) is 22.7. The number of nitrogens with zero attached hydrogens (tertiary/aromatic N) is 1. The molecule has 6 heteroatoms. The lowest BCUT2D eigenvalue weighted by Crippen LogP contribution is -2.36. The van der Waals surface area contributed by atoms with Crippen LogP contribution in [0.3, 0.4) is 0 Å². The van der Waals surface area contributed by atoms with E-state index in [9.17, 15) is 14.7 Å². The minimum atomic E-state index is -0.670. The maximum absolute atomic E-state index is 13.1. The number of ether oxygens (including phenoxy) is 2. The number of likely N-dealkylation sites (tertiary alicyclic amines) is 1. The van der Waals surface area contributed by atoms with Crippen LogP contribution in [0.1, 0.15) is 49.4 Å². The minimum Gasteiger partial charge on any atom is -0.507 e. The van der Waals surface area contributed by atoms with Crippen molar-refractivity contribution in [3.63, 3.8) is 0 Å². The zero-order valence-corrected chi connectivity index (χ0v) is 18.7. The highest BCUT2D eigenvalue weighted by Gasteiger charge is 2.47. The molecule has 0 bridgehead atoms. The van der Waals surface area contributed by atoms with Gasteiger partial charge in [-0.15, -0.1) is 0 Å². The first-order chi connectivity index (χ1) is 15.4. The van der Waals surface area contributed by atoms with E-state index in [4.69, 9.17) is 9.47 Å². The Morgan fingerprint density at radius 1 is 1.16 bits per heavy atom. The van der Waals surface area contributed by atoms with E-state index in [1.165, 1.54) is 0 Å². The molecule has 6 nitrogen and oxygen atoms in total. The van der Waals surface area contributed by atoms with E-state index >= 15 is 0 Å². The van der Waals surface area contributed by atoms with Gasteiger partial charge in [-0.3, -0.25) is 9.59 Å². The van der Waals surface area contributed by atoms with Crippen LogP contribution in [0.4, 0.5) is 0 Å². The summed E-state index contributed by atoms with van der Waals surface area (Å²) < 4.78 is 11.4. The molecule has 2 saturated heterocycles. The van der Waals surface area contributed by atoms with Gasteiger partial charge in [0, 0.05) is 18.7 Å². The third-order valence-corrected chi connectivity index (χ3v) is 5.95. The average molecular weight is 436 g/mol. The fourth-order valence-corrected chi connectivity index (χ4v) is 4.41. The molecular weight excluding hydrogens is 406 g/mol. The molecule has 2 fully saturated rings. The molecular formula is C26H29NO5. The lowest BCUT2D eigenvalue weighted by molar-refractivity contribution is -0.140. The molecule has 1 amide bonds. The Kier molecular flexibility index (Phi) is 6.33. The molecule has 0 saturated carbocycles. The number of hydrogen-bond acceptors (Lipinski definition) is 5. The number of amides is 1. The summed E-state index contributed by atoms with van der Waals surface area (Å²) >= 11 is 0. The Bertz CT molecular complexity index is 1030. The lowest BCUT2D eigenvalue weighted by Gasteiger charge is -2.28. The van der Waals surface area contributed by atoms with E-state index < -0.39 is 17.7 Å². The first-order valence-corrected chi connectivity index (χ1v) is 11.1. The van der Waals surface area contributed by atoms with E-state index in [2.05, 4.69) is 0 Å². The Morgan fingerprint density at radius 2 is 1.88 bits per heavy atom. The Labute approximate surface area is 188 Å². The molecule has 2 aliphatic heterocycles. The molecule has 32 heavy (non-hydrogen) atoms. The van der Waals surface area contributed by atoms with Crippen molar-refractivity contribution in [2.45, 2.75) is 51.9 Å². The Hall–Kier alpha value is -3.12. The number of aliphatic hydroxyl groups is 1. The zero-order valence-electron chi connectivity index (χ0n) is 18.7. The molecule has 2 unspecified atom stereocenters. The van der Waals surface area contributed by atoms with Crippen molar-refractivity contribution in [2.24, 2.45) is 0 Å². The zero-order chi connectivity index (χ0) is 22.8. The minimum absolute atomic E-state index is 0.0265. The quantitative estimate of drug-likeness (QED) is 0.414. The van der Waals surface area contributed by atoms with Gasteiger partial charge in [0.25, 0.3) is 11.7 Å². The van der Waals surface area contributed by atoms with Gasteiger partial charge in [0.05, 0.1) is 23.8 Å². The predicted octanol–water partition coefficient (Wildman–Crippen LogP) is 4.38. The fourth-order valence-electron chi connectivity index (χ4n) is 4.41. The summed E-state index contributed by atoms with van der Waals surface area (Å²) in [6.45, 7) is 6.80. The number of carbonyl (C=O) groups excluding carboxylic acids is 2. The van der Waals surface area contributed by atoms with Crippen LogP contribution in [0.2, 0.25) is 0 Å². The van der Waals surface area contributed by atoms with E-state index in [1.54, 1.807) is 29.2 Å². The van der Waals surface area contributed by atoms with Crippen LogP contribution in [0, 0.1) is 6.92 Å². The summed E-state index contributed by atoms with van der Waals surface area (Å²) in [4.78, 5) is 27.8. The van der Waals surface area contributed by atoms with Gasteiger partial charge in [0.15, 0.2) is 0 Å². The highest BCUT2D eigenvalue weighted by molar-refractivity contribution is 6.46. The number of aryl methyl sites for hydroxylation is 1.